The zero-order valence-corrected chi connectivity index (χ0v) is 11.6. The average Bonchev–Trinajstić information content (AvgIpc) is 2.77. The second-order valence-corrected chi connectivity index (χ2v) is 4.93. The topological polar surface area (TPSA) is 73.8 Å². The fourth-order valence-electron chi connectivity index (χ4n) is 1.69. The molecular formula is C12H14N4O2S. The highest BCUT2D eigenvalue weighted by molar-refractivity contribution is 7.98. The van der Waals surface area contributed by atoms with E-state index in [0.29, 0.717) is 0 Å². The van der Waals surface area contributed by atoms with Crippen molar-refractivity contribution in [2.75, 3.05) is 0 Å². The lowest BCUT2D eigenvalue weighted by molar-refractivity contribution is -0.384. The van der Waals surface area contributed by atoms with Crippen molar-refractivity contribution in [1.29, 1.82) is 0 Å². The minimum atomic E-state index is -0.395. The molecule has 0 saturated carbocycles. The number of hydrogen-bond donors (Lipinski definition) is 0. The lowest BCUT2D eigenvalue weighted by Gasteiger charge is -2.04. The Morgan fingerprint density at radius 2 is 2.00 bits per heavy atom. The smallest absolute Gasteiger partial charge is 0.269 e. The highest BCUT2D eigenvalue weighted by Crippen LogP contribution is 2.23. The van der Waals surface area contributed by atoms with E-state index in [1.807, 2.05) is 18.4 Å². The minimum Gasteiger partial charge on any atom is -0.307 e. The average molecular weight is 278 g/mol. The van der Waals surface area contributed by atoms with Crippen LogP contribution < -0.4 is 0 Å². The number of nitro benzene ring substituents is 1. The molecule has 0 bridgehead atoms. The van der Waals surface area contributed by atoms with Crippen LogP contribution in [0.2, 0.25) is 0 Å². The predicted molar refractivity (Wildman–Crippen MR) is 73.1 cm³/mol. The molecule has 2 rings (SSSR count). The molecule has 0 saturated heterocycles. The summed E-state index contributed by atoms with van der Waals surface area (Å²) in [7, 11) is 0. The number of benzene rings is 1. The molecule has 1 aromatic carbocycles. The van der Waals surface area contributed by atoms with Crippen molar-refractivity contribution in [3.8, 4) is 0 Å². The van der Waals surface area contributed by atoms with Crippen LogP contribution >= 0.6 is 11.8 Å². The molecule has 2 aromatic rings. The first kappa shape index (κ1) is 13.5. The third kappa shape index (κ3) is 3.11. The lowest BCUT2D eigenvalue weighted by Crippen LogP contribution is -1.99. The monoisotopic (exact) mass is 278 g/mol. The van der Waals surface area contributed by atoms with Crippen molar-refractivity contribution in [2.45, 2.75) is 31.3 Å². The molecule has 0 aliphatic carbocycles. The molecular weight excluding hydrogens is 264 g/mol. The summed E-state index contributed by atoms with van der Waals surface area (Å²) < 4.78 is 2.04. The van der Waals surface area contributed by atoms with E-state index in [4.69, 9.17) is 0 Å². The number of nitrogens with zero attached hydrogens (tertiary/aromatic N) is 4. The van der Waals surface area contributed by atoms with Gasteiger partial charge < -0.3 is 4.57 Å². The Bertz CT molecular complexity index is 580. The van der Waals surface area contributed by atoms with Gasteiger partial charge in [-0.2, -0.15) is 0 Å². The molecule has 0 fully saturated rings. The maximum absolute atomic E-state index is 10.6. The molecule has 100 valence electrons. The molecule has 0 aliphatic heterocycles. The molecule has 0 radical (unpaired) electrons. The second-order valence-electron chi connectivity index (χ2n) is 3.99. The van der Waals surface area contributed by atoms with Gasteiger partial charge in [0.1, 0.15) is 5.82 Å². The summed E-state index contributed by atoms with van der Waals surface area (Å²) in [5.41, 5.74) is 1.14. The van der Waals surface area contributed by atoms with Crippen LogP contribution in [0.25, 0.3) is 0 Å². The summed E-state index contributed by atoms with van der Waals surface area (Å²) in [6.07, 6.45) is 0. The van der Waals surface area contributed by atoms with Gasteiger partial charge in [0.05, 0.1) is 4.92 Å². The van der Waals surface area contributed by atoms with Gasteiger partial charge in [0.25, 0.3) is 5.69 Å². The largest absolute Gasteiger partial charge is 0.307 e. The van der Waals surface area contributed by atoms with Crippen LogP contribution in [0.15, 0.2) is 29.4 Å². The van der Waals surface area contributed by atoms with Gasteiger partial charge in [-0.1, -0.05) is 23.9 Å². The second kappa shape index (κ2) is 5.83. The fourth-order valence-corrected chi connectivity index (χ4v) is 2.70. The maximum Gasteiger partial charge on any atom is 0.269 e. The number of aryl methyl sites for hydroxylation is 1. The lowest BCUT2D eigenvalue weighted by atomic mass is 10.2. The van der Waals surface area contributed by atoms with Gasteiger partial charge in [0.15, 0.2) is 5.16 Å². The van der Waals surface area contributed by atoms with E-state index in [0.717, 1.165) is 28.8 Å². The van der Waals surface area contributed by atoms with Gasteiger partial charge in [-0.05, 0) is 19.4 Å². The molecule has 1 heterocycles. The summed E-state index contributed by atoms with van der Waals surface area (Å²) in [6.45, 7) is 4.81. The summed E-state index contributed by atoms with van der Waals surface area (Å²) >= 11 is 1.58. The maximum atomic E-state index is 10.6. The highest BCUT2D eigenvalue weighted by atomic mass is 32.2. The van der Waals surface area contributed by atoms with Crippen molar-refractivity contribution in [3.05, 3.63) is 45.8 Å². The van der Waals surface area contributed by atoms with E-state index in [9.17, 15) is 10.1 Å². The molecule has 0 unspecified atom stereocenters. The van der Waals surface area contributed by atoms with Gasteiger partial charge in [0, 0.05) is 24.4 Å². The van der Waals surface area contributed by atoms with Crippen LogP contribution in [0.1, 0.15) is 18.3 Å². The summed E-state index contributed by atoms with van der Waals surface area (Å²) in [6, 6.07) is 6.58. The van der Waals surface area contributed by atoms with E-state index >= 15 is 0 Å². The summed E-state index contributed by atoms with van der Waals surface area (Å²) in [5, 5.41) is 19.6. The number of nitro groups is 1. The Balaban J connectivity index is 2.04. The van der Waals surface area contributed by atoms with Crippen LogP contribution in [0.5, 0.6) is 0 Å². The first-order chi connectivity index (χ1) is 9.11. The fraction of sp³-hybridized carbons (Fsp3) is 0.333. The third-order valence-electron chi connectivity index (χ3n) is 2.73. The Morgan fingerprint density at radius 1 is 1.32 bits per heavy atom. The number of hydrogen-bond acceptors (Lipinski definition) is 5. The van der Waals surface area contributed by atoms with Crippen molar-refractivity contribution < 1.29 is 4.92 Å². The normalized spacial score (nSPS) is 10.6. The predicted octanol–water partition coefficient (Wildman–Crippen LogP) is 2.81. The summed E-state index contributed by atoms with van der Waals surface area (Å²) in [5.74, 6) is 1.62. The van der Waals surface area contributed by atoms with Gasteiger partial charge in [-0.3, -0.25) is 10.1 Å². The van der Waals surface area contributed by atoms with E-state index in [2.05, 4.69) is 10.2 Å². The molecule has 19 heavy (non-hydrogen) atoms. The van der Waals surface area contributed by atoms with Crippen molar-refractivity contribution in [3.63, 3.8) is 0 Å². The Labute approximate surface area is 115 Å². The van der Waals surface area contributed by atoms with Crippen molar-refractivity contribution in [1.82, 2.24) is 14.8 Å². The Kier molecular flexibility index (Phi) is 4.16. The molecule has 0 N–H and O–H groups in total. The molecule has 0 amide bonds. The van der Waals surface area contributed by atoms with Crippen LogP contribution in [0.3, 0.4) is 0 Å². The molecule has 0 atom stereocenters. The SMILES string of the molecule is CCn1c(C)nnc1SCc1ccc([N+](=O)[O-])cc1. The van der Waals surface area contributed by atoms with Gasteiger partial charge in [-0.15, -0.1) is 10.2 Å². The highest BCUT2D eigenvalue weighted by Gasteiger charge is 2.09. The summed E-state index contributed by atoms with van der Waals surface area (Å²) in [4.78, 5) is 10.2. The molecule has 7 heteroatoms. The first-order valence-electron chi connectivity index (χ1n) is 5.87. The first-order valence-corrected chi connectivity index (χ1v) is 6.86. The minimum absolute atomic E-state index is 0.112. The van der Waals surface area contributed by atoms with Gasteiger partial charge in [0.2, 0.25) is 0 Å². The Hall–Kier alpha value is -1.89. The zero-order chi connectivity index (χ0) is 13.8. The number of rotatable bonds is 5. The van der Waals surface area contributed by atoms with Crippen LogP contribution in [0.4, 0.5) is 5.69 Å². The number of thioether (sulfide) groups is 1. The zero-order valence-electron chi connectivity index (χ0n) is 10.7. The molecule has 1 aromatic heterocycles. The van der Waals surface area contributed by atoms with E-state index in [1.165, 1.54) is 12.1 Å². The van der Waals surface area contributed by atoms with Crippen LogP contribution in [0, 0.1) is 17.0 Å². The van der Waals surface area contributed by atoms with Gasteiger partial charge in [-0.25, -0.2) is 0 Å². The van der Waals surface area contributed by atoms with Crippen LogP contribution in [-0.2, 0) is 12.3 Å². The quantitative estimate of drug-likeness (QED) is 0.477. The Morgan fingerprint density at radius 3 is 2.58 bits per heavy atom. The van der Waals surface area contributed by atoms with E-state index in [-0.39, 0.29) is 5.69 Å². The van der Waals surface area contributed by atoms with E-state index in [1.54, 1.807) is 23.9 Å². The van der Waals surface area contributed by atoms with E-state index < -0.39 is 4.92 Å². The van der Waals surface area contributed by atoms with Crippen molar-refractivity contribution in [2.24, 2.45) is 0 Å². The van der Waals surface area contributed by atoms with Crippen LogP contribution in [-0.4, -0.2) is 19.7 Å². The number of aromatic nitrogens is 3. The molecule has 0 spiro atoms. The molecule has 6 nitrogen and oxygen atoms in total. The molecule has 0 aliphatic rings. The third-order valence-corrected chi connectivity index (χ3v) is 3.77. The number of non-ortho nitro benzene ring substituents is 1. The standard InChI is InChI=1S/C12H14N4O2S/c1-3-15-9(2)13-14-12(15)19-8-10-4-6-11(7-5-10)16(17)18/h4-7H,3,8H2,1-2H3. The van der Waals surface area contributed by atoms with Gasteiger partial charge >= 0.3 is 0 Å². The van der Waals surface area contributed by atoms with Crippen molar-refractivity contribution >= 4 is 17.4 Å².